The van der Waals surface area contributed by atoms with Crippen LogP contribution in [0.5, 0.6) is 11.5 Å². The van der Waals surface area contributed by atoms with E-state index in [9.17, 15) is 19.7 Å². The Morgan fingerprint density at radius 2 is 1.92 bits per heavy atom. The fourth-order valence-corrected chi connectivity index (χ4v) is 3.93. The van der Waals surface area contributed by atoms with E-state index < -0.39 is 16.9 Å². The molecule has 1 heterocycles. The Balaban J connectivity index is 1.66. The maximum absolute atomic E-state index is 12.6. The Kier molecular flexibility index (Phi) is 7.25. The van der Waals surface area contributed by atoms with E-state index in [2.05, 4.69) is 20.9 Å². The van der Waals surface area contributed by atoms with Crippen molar-refractivity contribution in [3.05, 3.63) is 103 Å². The first-order valence-corrected chi connectivity index (χ1v) is 11.6. The Hall–Kier alpha value is -4.31. The third-order valence-electron chi connectivity index (χ3n) is 5.11. The van der Waals surface area contributed by atoms with Gasteiger partial charge in [0, 0.05) is 17.2 Å². The molecule has 182 valence electrons. The number of cyclic esters (lactones) is 1. The number of esters is 2. The number of carbonyl (C=O) groups excluding carboxylic acids is 2. The highest BCUT2D eigenvalue weighted by molar-refractivity contribution is 9.10. The largest absolute Gasteiger partial charge is 0.490 e. The van der Waals surface area contributed by atoms with Crippen LogP contribution >= 0.6 is 15.9 Å². The summed E-state index contributed by atoms with van der Waals surface area (Å²) < 4.78 is 16.9. The van der Waals surface area contributed by atoms with Crippen LogP contribution in [-0.2, 0) is 9.53 Å². The summed E-state index contributed by atoms with van der Waals surface area (Å²) in [5, 5.41) is 11.2. The molecule has 36 heavy (non-hydrogen) atoms. The van der Waals surface area contributed by atoms with E-state index in [4.69, 9.17) is 14.2 Å². The van der Waals surface area contributed by atoms with Crippen LogP contribution < -0.4 is 9.47 Å². The SMILES string of the molecule is CCOc1cc(/C=C2\N=C(c3ccc(C)c([N+](=O)[O-])c3)OC2=O)cc(Br)c1OC(=O)c1ccccc1. The van der Waals surface area contributed by atoms with Crippen LogP contribution in [0.3, 0.4) is 0 Å². The molecule has 1 aliphatic rings. The third-order valence-corrected chi connectivity index (χ3v) is 5.70. The van der Waals surface area contributed by atoms with Crippen LogP contribution in [0.1, 0.15) is 34.0 Å². The molecule has 0 unspecified atom stereocenters. The van der Waals surface area contributed by atoms with Crippen molar-refractivity contribution in [3.8, 4) is 11.5 Å². The van der Waals surface area contributed by atoms with Crippen molar-refractivity contribution < 1.29 is 28.7 Å². The second-order valence-corrected chi connectivity index (χ2v) is 8.47. The van der Waals surface area contributed by atoms with Crippen LogP contribution in [0.2, 0.25) is 0 Å². The van der Waals surface area contributed by atoms with Crippen LogP contribution in [0.4, 0.5) is 5.69 Å². The van der Waals surface area contributed by atoms with Gasteiger partial charge in [-0.15, -0.1) is 0 Å². The lowest BCUT2D eigenvalue weighted by Crippen LogP contribution is -2.10. The van der Waals surface area contributed by atoms with Crippen LogP contribution in [0.15, 0.2) is 75.8 Å². The molecule has 0 atom stereocenters. The van der Waals surface area contributed by atoms with Gasteiger partial charge in [-0.2, -0.15) is 0 Å². The van der Waals surface area contributed by atoms with Gasteiger partial charge >= 0.3 is 11.9 Å². The van der Waals surface area contributed by atoms with Gasteiger partial charge in [0.2, 0.25) is 5.90 Å². The summed E-state index contributed by atoms with van der Waals surface area (Å²) in [7, 11) is 0. The van der Waals surface area contributed by atoms with Crippen molar-refractivity contribution in [1.29, 1.82) is 0 Å². The van der Waals surface area contributed by atoms with Gasteiger partial charge in [0.15, 0.2) is 17.2 Å². The molecular weight excluding hydrogens is 532 g/mol. The zero-order valence-electron chi connectivity index (χ0n) is 19.2. The molecule has 0 saturated carbocycles. The molecule has 4 rings (SSSR count). The van der Waals surface area contributed by atoms with Crippen molar-refractivity contribution >= 4 is 45.5 Å². The number of rotatable bonds is 7. The van der Waals surface area contributed by atoms with Crippen molar-refractivity contribution in [3.63, 3.8) is 0 Å². The zero-order valence-corrected chi connectivity index (χ0v) is 20.8. The topological polar surface area (TPSA) is 117 Å². The summed E-state index contributed by atoms with van der Waals surface area (Å²) in [5.41, 5.74) is 1.59. The molecule has 0 bridgehead atoms. The molecular formula is C26H19BrN2O7. The first-order valence-electron chi connectivity index (χ1n) is 10.8. The highest BCUT2D eigenvalue weighted by atomic mass is 79.9. The first kappa shape index (κ1) is 24.8. The van der Waals surface area contributed by atoms with Crippen LogP contribution in [0, 0.1) is 17.0 Å². The van der Waals surface area contributed by atoms with Gasteiger partial charge in [-0.05, 0) is 71.7 Å². The molecule has 0 amide bonds. The lowest BCUT2D eigenvalue weighted by Gasteiger charge is -2.13. The Labute approximate surface area is 214 Å². The number of carbonyl (C=O) groups is 2. The smallest absolute Gasteiger partial charge is 0.363 e. The maximum Gasteiger partial charge on any atom is 0.363 e. The summed E-state index contributed by atoms with van der Waals surface area (Å²) >= 11 is 3.41. The number of benzene rings is 3. The van der Waals surface area contributed by atoms with Crippen molar-refractivity contribution in [2.24, 2.45) is 4.99 Å². The number of ether oxygens (including phenoxy) is 3. The molecule has 0 N–H and O–H groups in total. The number of aliphatic imine (C=N–C) groups is 1. The van der Waals surface area contributed by atoms with Gasteiger partial charge in [0.25, 0.3) is 5.69 Å². The summed E-state index contributed by atoms with van der Waals surface area (Å²) in [6.45, 7) is 3.71. The lowest BCUT2D eigenvalue weighted by molar-refractivity contribution is -0.385. The molecule has 0 aliphatic carbocycles. The predicted molar refractivity (Wildman–Crippen MR) is 135 cm³/mol. The van der Waals surface area contributed by atoms with Crippen molar-refractivity contribution in [2.45, 2.75) is 13.8 Å². The summed E-state index contributed by atoms with van der Waals surface area (Å²) in [6, 6.07) is 16.2. The molecule has 3 aromatic rings. The average molecular weight is 551 g/mol. The van der Waals surface area contributed by atoms with E-state index in [0.29, 0.717) is 33.3 Å². The molecule has 3 aromatic carbocycles. The maximum atomic E-state index is 12.6. The zero-order chi connectivity index (χ0) is 25.8. The predicted octanol–water partition coefficient (Wildman–Crippen LogP) is 5.63. The van der Waals surface area contributed by atoms with Gasteiger partial charge in [-0.1, -0.05) is 24.3 Å². The van der Waals surface area contributed by atoms with Crippen molar-refractivity contribution in [2.75, 3.05) is 6.61 Å². The fraction of sp³-hybridized carbons (Fsp3) is 0.115. The molecule has 0 radical (unpaired) electrons. The number of hydrogen-bond donors (Lipinski definition) is 0. The minimum Gasteiger partial charge on any atom is -0.490 e. The number of nitrogens with zero attached hydrogens (tertiary/aromatic N) is 2. The minimum absolute atomic E-state index is 0.00314. The molecule has 0 spiro atoms. The normalized spacial score (nSPS) is 13.8. The van der Waals surface area contributed by atoms with Gasteiger partial charge in [-0.3, -0.25) is 10.1 Å². The number of nitro benzene ring substituents is 1. The monoisotopic (exact) mass is 550 g/mol. The summed E-state index contributed by atoms with van der Waals surface area (Å²) in [6.07, 6.45) is 1.48. The number of nitro groups is 1. The molecule has 9 nitrogen and oxygen atoms in total. The molecule has 1 aliphatic heterocycles. The van der Waals surface area contributed by atoms with Gasteiger partial charge in [0.1, 0.15) is 0 Å². The highest BCUT2D eigenvalue weighted by Crippen LogP contribution is 2.38. The molecule has 0 aromatic heterocycles. The van der Waals surface area contributed by atoms with E-state index in [-0.39, 0.29) is 28.8 Å². The quantitative estimate of drug-likeness (QED) is 0.123. The van der Waals surface area contributed by atoms with E-state index in [1.54, 1.807) is 68.4 Å². The Morgan fingerprint density at radius 3 is 2.61 bits per heavy atom. The summed E-state index contributed by atoms with van der Waals surface area (Å²) in [4.78, 5) is 40.0. The van der Waals surface area contributed by atoms with Gasteiger partial charge in [-0.25, -0.2) is 14.6 Å². The Morgan fingerprint density at radius 1 is 1.17 bits per heavy atom. The number of halogens is 1. The second kappa shape index (κ2) is 10.5. The van der Waals surface area contributed by atoms with E-state index in [0.717, 1.165) is 0 Å². The molecule has 0 fully saturated rings. The van der Waals surface area contributed by atoms with E-state index in [1.807, 2.05) is 0 Å². The Bertz CT molecular complexity index is 1430. The standard InChI is InChI=1S/C26H19BrN2O7/c1-3-34-22-13-16(11-19(27)23(22)35-25(30)17-7-5-4-6-8-17)12-20-26(31)36-24(28-20)18-10-9-15(2)21(14-18)29(32)33/h4-14H,3H2,1-2H3/b20-12-. The van der Waals surface area contributed by atoms with Crippen molar-refractivity contribution in [1.82, 2.24) is 0 Å². The number of aryl methyl sites for hydroxylation is 1. The average Bonchev–Trinajstić information content (AvgIpc) is 3.22. The van der Waals surface area contributed by atoms with Gasteiger partial charge < -0.3 is 14.2 Å². The fourth-order valence-electron chi connectivity index (χ4n) is 3.39. The van der Waals surface area contributed by atoms with E-state index >= 15 is 0 Å². The van der Waals surface area contributed by atoms with Crippen LogP contribution in [-0.4, -0.2) is 29.4 Å². The third kappa shape index (κ3) is 5.33. The highest BCUT2D eigenvalue weighted by Gasteiger charge is 2.26. The molecule has 0 saturated heterocycles. The van der Waals surface area contributed by atoms with E-state index in [1.165, 1.54) is 12.1 Å². The van der Waals surface area contributed by atoms with Gasteiger partial charge in [0.05, 0.1) is 21.6 Å². The second-order valence-electron chi connectivity index (χ2n) is 7.61. The summed E-state index contributed by atoms with van der Waals surface area (Å²) in [5.74, 6) is -0.816. The minimum atomic E-state index is -0.707. The molecule has 10 heteroatoms. The first-order chi connectivity index (χ1) is 17.3. The van der Waals surface area contributed by atoms with Crippen LogP contribution in [0.25, 0.3) is 6.08 Å². The lowest BCUT2D eigenvalue weighted by atomic mass is 10.1. The number of hydrogen-bond acceptors (Lipinski definition) is 8.